The normalized spacial score (nSPS) is 23.3. The van der Waals surface area contributed by atoms with Crippen molar-refractivity contribution in [2.75, 3.05) is 18.0 Å². The predicted molar refractivity (Wildman–Crippen MR) is 126 cm³/mol. The quantitative estimate of drug-likeness (QED) is 0.505. The topological polar surface area (TPSA) is 15.3 Å². The van der Waals surface area contributed by atoms with E-state index in [-0.39, 0.29) is 6.04 Å². The highest BCUT2D eigenvalue weighted by molar-refractivity contribution is 6.35. The molecule has 1 aliphatic carbocycles. The third-order valence-electron chi connectivity index (χ3n) is 6.46. The summed E-state index contributed by atoms with van der Waals surface area (Å²) in [5, 5.41) is 6.05. The molecule has 29 heavy (non-hydrogen) atoms. The molecule has 2 fully saturated rings. The molecule has 1 aliphatic heterocycles. The van der Waals surface area contributed by atoms with Crippen LogP contribution in [0.2, 0.25) is 15.1 Å². The van der Waals surface area contributed by atoms with Gasteiger partial charge in [0.1, 0.15) is 0 Å². The molecule has 0 aromatic heterocycles. The number of hydrogen-bond donors (Lipinski definition) is 1. The number of anilines is 1. The lowest BCUT2D eigenvalue weighted by Crippen LogP contribution is -2.44. The first kappa shape index (κ1) is 21.3. The van der Waals surface area contributed by atoms with E-state index in [0.717, 1.165) is 35.1 Å². The maximum Gasteiger partial charge on any atom is 0.0557 e. The van der Waals surface area contributed by atoms with Gasteiger partial charge in [-0.15, -0.1) is 0 Å². The maximum absolute atomic E-state index is 6.60. The van der Waals surface area contributed by atoms with E-state index in [1.807, 2.05) is 24.3 Å². The van der Waals surface area contributed by atoms with Crippen molar-refractivity contribution in [2.24, 2.45) is 5.92 Å². The van der Waals surface area contributed by atoms with E-state index in [9.17, 15) is 0 Å². The van der Waals surface area contributed by atoms with Gasteiger partial charge < -0.3 is 10.2 Å². The predicted octanol–water partition coefficient (Wildman–Crippen LogP) is 7.53. The molecule has 156 valence electrons. The number of hydrogen-bond acceptors (Lipinski definition) is 2. The van der Waals surface area contributed by atoms with Crippen LogP contribution in [0.15, 0.2) is 42.5 Å². The van der Waals surface area contributed by atoms with Crippen molar-refractivity contribution in [2.45, 2.75) is 57.0 Å². The summed E-state index contributed by atoms with van der Waals surface area (Å²) in [6, 6.07) is 15.0. The van der Waals surface area contributed by atoms with Gasteiger partial charge in [-0.1, -0.05) is 60.1 Å². The minimum atomic E-state index is 0.256. The third-order valence-corrected chi connectivity index (χ3v) is 7.27. The molecule has 2 nitrogen and oxygen atoms in total. The number of nitrogens with zero attached hydrogens (tertiary/aromatic N) is 1. The lowest BCUT2D eigenvalue weighted by Gasteiger charge is -2.42. The van der Waals surface area contributed by atoms with E-state index in [1.54, 1.807) is 0 Å². The fourth-order valence-electron chi connectivity index (χ4n) is 4.87. The molecule has 0 amide bonds. The van der Waals surface area contributed by atoms with Crippen LogP contribution >= 0.6 is 34.8 Å². The summed E-state index contributed by atoms with van der Waals surface area (Å²) in [4.78, 5) is 2.50. The van der Waals surface area contributed by atoms with Gasteiger partial charge in [0.25, 0.3) is 0 Å². The minimum Gasteiger partial charge on any atom is -0.364 e. The Hall–Kier alpha value is -0.930. The van der Waals surface area contributed by atoms with Crippen LogP contribution in [0.1, 0.15) is 56.6 Å². The van der Waals surface area contributed by atoms with Gasteiger partial charge >= 0.3 is 0 Å². The van der Waals surface area contributed by atoms with Gasteiger partial charge in [-0.05, 0) is 80.1 Å². The largest absolute Gasteiger partial charge is 0.364 e. The van der Waals surface area contributed by atoms with E-state index in [4.69, 9.17) is 34.8 Å². The van der Waals surface area contributed by atoms with E-state index in [0.29, 0.717) is 17.0 Å². The van der Waals surface area contributed by atoms with E-state index >= 15 is 0 Å². The molecule has 1 saturated carbocycles. The molecule has 4 rings (SSSR count). The first-order chi connectivity index (χ1) is 14.1. The van der Waals surface area contributed by atoms with Gasteiger partial charge in [-0.2, -0.15) is 0 Å². The average Bonchev–Trinajstić information content (AvgIpc) is 2.74. The van der Waals surface area contributed by atoms with Crippen LogP contribution in [0.4, 0.5) is 5.69 Å². The standard InChI is InChI=1S/C24H29Cl3N2/c25-18-7-10-21(11-8-18)29-16-17(15-28-20-4-2-1-3-5-20)6-13-24(29)22-12-9-19(26)14-23(22)27/h7-12,14,17,20,24,28H,1-6,13,15-16H2/t17-,24?/m0/s1. The number of nitrogens with one attached hydrogen (secondary N) is 1. The Labute approximate surface area is 189 Å². The monoisotopic (exact) mass is 450 g/mol. The van der Waals surface area contributed by atoms with Crippen LogP contribution in [-0.2, 0) is 0 Å². The van der Waals surface area contributed by atoms with Crippen molar-refractivity contribution in [1.29, 1.82) is 0 Å². The summed E-state index contributed by atoms with van der Waals surface area (Å²) in [6.45, 7) is 2.11. The Morgan fingerprint density at radius 3 is 2.28 bits per heavy atom. The highest BCUT2D eigenvalue weighted by Crippen LogP contribution is 2.40. The molecule has 5 heteroatoms. The average molecular weight is 452 g/mol. The molecule has 2 atom stereocenters. The van der Waals surface area contributed by atoms with Crippen molar-refractivity contribution in [3.63, 3.8) is 0 Å². The van der Waals surface area contributed by atoms with Crippen LogP contribution in [-0.4, -0.2) is 19.1 Å². The summed E-state index contributed by atoms with van der Waals surface area (Å²) in [6.07, 6.45) is 9.09. The Kier molecular flexibility index (Phi) is 7.29. The number of benzene rings is 2. The van der Waals surface area contributed by atoms with Gasteiger partial charge in [0.15, 0.2) is 0 Å². The zero-order valence-corrected chi connectivity index (χ0v) is 19.0. The van der Waals surface area contributed by atoms with Gasteiger partial charge in [0.2, 0.25) is 0 Å². The van der Waals surface area contributed by atoms with E-state index < -0.39 is 0 Å². The van der Waals surface area contributed by atoms with E-state index in [1.165, 1.54) is 44.2 Å². The van der Waals surface area contributed by atoms with Crippen molar-refractivity contribution in [3.05, 3.63) is 63.1 Å². The highest BCUT2D eigenvalue weighted by atomic mass is 35.5. The summed E-state index contributed by atoms with van der Waals surface area (Å²) in [7, 11) is 0. The Balaban J connectivity index is 1.51. The second-order valence-electron chi connectivity index (χ2n) is 8.50. The highest BCUT2D eigenvalue weighted by Gasteiger charge is 2.31. The van der Waals surface area contributed by atoms with Gasteiger partial charge in [0, 0.05) is 33.3 Å². The maximum atomic E-state index is 6.60. The molecule has 1 unspecified atom stereocenters. The Morgan fingerprint density at radius 2 is 1.55 bits per heavy atom. The molecule has 0 spiro atoms. The summed E-state index contributed by atoms with van der Waals surface area (Å²) in [5.74, 6) is 0.634. The fraction of sp³-hybridized carbons (Fsp3) is 0.500. The van der Waals surface area contributed by atoms with Crippen molar-refractivity contribution in [3.8, 4) is 0 Å². The van der Waals surface area contributed by atoms with Crippen molar-refractivity contribution >= 4 is 40.5 Å². The third kappa shape index (κ3) is 5.41. The van der Waals surface area contributed by atoms with Crippen LogP contribution in [0.3, 0.4) is 0 Å². The first-order valence-electron chi connectivity index (χ1n) is 10.8. The molecule has 1 N–H and O–H groups in total. The van der Waals surface area contributed by atoms with Crippen LogP contribution in [0.5, 0.6) is 0 Å². The Morgan fingerprint density at radius 1 is 0.828 bits per heavy atom. The second-order valence-corrected chi connectivity index (χ2v) is 9.78. The lowest BCUT2D eigenvalue weighted by atomic mass is 9.87. The van der Waals surface area contributed by atoms with Crippen molar-refractivity contribution < 1.29 is 0 Å². The lowest BCUT2D eigenvalue weighted by molar-refractivity contribution is 0.305. The molecule has 2 aromatic rings. The number of rotatable bonds is 5. The van der Waals surface area contributed by atoms with Gasteiger partial charge in [0.05, 0.1) is 6.04 Å². The van der Waals surface area contributed by atoms with E-state index in [2.05, 4.69) is 28.4 Å². The van der Waals surface area contributed by atoms with Crippen LogP contribution in [0.25, 0.3) is 0 Å². The summed E-state index contributed by atoms with van der Waals surface area (Å²) >= 11 is 18.9. The van der Waals surface area contributed by atoms with Crippen molar-refractivity contribution in [1.82, 2.24) is 5.32 Å². The zero-order chi connectivity index (χ0) is 20.2. The molecular weight excluding hydrogens is 423 g/mol. The summed E-state index contributed by atoms with van der Waals surface area (Å²) < 4.78 is 0. The van der Waals surface area contributed by atoms with Crippen LogP contribution < -0.4 is 10.2 Å². The fourth-order valence-corrected chi connectivity index (χ4v) is 5.53. The molecule has 1 heterocycles. The number of piperidine rings is 1. The second kappa shape index (κ2) is 9.92. The summed E-state index contributed by atoms with van der Waals surface area (Å²) in [5.41, 5.74) is 2.36. The minimum absolute atomic E-state index is 0.256. The first-order valence-corrected chi connectivity index (χ1v) is 11.9. The SMILES string of the molecule is Clc1ccc(N2C[C@H](CNC3CCCCC3)CCC2c2ccc(Cl)cc2Cl)cc1. The molecule has 0 bridgehead atoms. The molecule has 0 radical (unpaired) electrons. The Bertz CT molecular complexity index is 802. The molecule has 1 saturated heterocycles. The van der Waals surface area contributed by atoms with Gasteiger partial charge in [-0.25, -0.2) is 0 Å². The molecule has 2 aromatic carbocycles. The number of halogens is 3. The van der Waals surface area contributed by atoms with Crippen LogP contribution in [0, 0.1) is 5.92 Å². The zero-order valence-electron chi connectivity index (χ0n) is 16.7. The molecule has 2 aliphatic rings. The smallest absolute Gasteiger partial charge is 0.0557 e. The van der Waals surface area contributed by atoms with Gasteiger partial charge in [-0.3, -0.25) is 0 Å². The molecular formula is C24H29Cl3N2.